The first-order valence-electron chi connectivity index (χ1n) is 18.5. The highest BCUT2D eigenvalue weighted by Gasteiger charge is 2.62. The molecule has 0 amide bonds. The van der Waals surface area contributed by atoms with Crippen LogP contribution in [0.3, 0.4) is 0 Å². The van der Waals surface area contributed by atoms with Crippen LogP contribution >= 0.6 is 0 Å². The molecule has 5 saturated heterocycles. The van der Waals surface area contributed by atoms with E-state index in [2.05, 4.69) is 34.6 Å². The molecule has 1 spiro atoms. The molecule has 5 fully saturated rings. The largest absolute Gasteiger partial charge is 0.481 e. The normalized spacial score (nSPS) is 50.1. The fourth-order valence-corrected chi connectivity index (χ4v) is 10.2. The van der Waals surface area contributed by atoms with Crippen LogP contribution in [-0.2, 0) is 38.0 Å². The molecule has 5 aliphatic heterocycles. The van der Waals surface area contributed by atoms with Gasteiger partial charge in [0.2, 0.25) is 0 Å². The number of methoxy groups -OCH3 is 2. The van der Waals surface area contributed by atoms with E-state index >= 15 is 0 Å². The van der Waals surface area contributed by atoms with Crippen molar-refractivity contribution in [3.8, 4) is 0 Å². The molecule has 0 saturated carbocycles. The van der Waals surface area contributed by atoms with Crippen LogP contribution in [0.4, 0.5) is 0 Å². The molecule has 48 heavy (non-hydrogen) atoms. The number of hydrogen-bond donors (Lipinski definition) is 3. The quantitative estimate of drug-likeness (QED) is 0.273. The van der Waals surface area contributed by atoms with Crippen LogP contribution in [0.1, 0.15) is 107 Å². The number of aliphatic carboxylic acids is 1. The molecule has 3 N–H and O–H groups in total. The Kier molecular flexibility index (Phi) is 11.4. The molecule has 5 heterocycles. The minimum Gasteiger partial charge on any atom is -0.481 e. The Bertz CT molecular complexity index is 1120. The van der Waals surface area contributed by atoms with Gasteiger partial charge in [0.1, 0.15) is 0 Å². The van der Waals surface area contributed by atoms with Crippen LogP contribution in [0.2, 0.25) is 0 Å². The number of carboxylic acid groups (broad SMARTS) is 1. The second-order valence-electron chi connectivity index (χ2n) is 16.5. The van der Waals surface area contributed by atoms with Gasteiger partial charge in [0.25, 0.3) is 0 Å². The lowest BCUT2D eigenvalue weighted by molar-refractivity contribution is -0.338. The number of rotatable bonds is 11. The van der Waals surface area contributed by atoms with E-state index in [0.717, 1.165) is 38.5 Å². The van der Waals surface area contributed by atoms with Gasteiger partial charge >= 0.3 is 5.97 Å². The van der Waals surface area contributed by atoms with Gasteiger partial charge in [0, 0.05) is 44.8 Å². The zero-order valence-corrected chi connectivity index (χ0v) is 31.0. The molecular formula is C37H64O11. The zero-order valence-electron chi connectivity index (χ0n) is 31.0. The van der Waals surface area contributed by atoms with Gasteiger partial charge in [-0.1, -0.05) is 41.5 Å². The number of ether oxygens (including phenoxy) is 7. The number of carbonyl (C=O) groups is 1. The van der Waals surface area contributed by atoms with Gasteiger partial charge < -0.3 is 48.5 Å². The van der Waals surface area contributed by atoms with E-state index < -0.39 is 47.4 Å². The molecule has 5 rings (SSSR count). The summed E-state index contributed by atoms with van der Waals surface area (Å²) in [7, 11) is 3.28. The lowest BCUT2D eigenvalue weighted by Gasteiger charge is -2.49. The van der Waals surface area contributed by atoms with Gasteiger partial charge in [-0.05, 0) is 64.2 Å². The van der Waals surface area contributed by atoms with Crippen LogP contribution in [-0.4, -0.2) is 108 Å². The predicted octanol–water partition coefficient (Wildman–Crippen LogP) is 4.93. The molecule has 17 atom stereocenters. The number of hydrogen-bond acceptors (Lipinski definition) is 10. The van der Waals surface area contributed by atoms with Crippen molar-refractivity contribution in [3.63, 3.8) is 0 Å². The van der Waals surface area contributed by atoms with E-state index in [1.807, 2.05) is 13.8 Å². The van der Waals surface area contributed by atoms with Crippen molar-refractivity contribution in [2.75, 3.05) is 20.8 Å². The molecule has 278 valence electrons. The molecule has 5 aliphatic rings. The van der Waals surface area contributed by atoms with Gasteiger partial charge in [-0.2, -0.15) is 0 Å². The van der Waals surface area contributed by atoms with Crippen LogP contribution in [0.5, 0.6) is 0 Å². The van der Waals surface area contributed by atoms with Crippen molar-refractivity contribution in [1.29, 1.82) is 0 Å². The van der Waals surface area contributed by atoms with Crippen LogP contribution in [0.25, 0.3) is 0 Å². The number of aliphatic hydroxyl groups excluding tert-OH is 1. The molecule has 0 bridgehead atoms. The Labute approximate surface area is 287 Å². The van der Waals surface area contributed by atoms with E-state index in [1.54, 1.807) is 21.1 Å². The Morgan fingerprint density at radius 2 is 1.71 bits per heavy atom. The minimum absolute atomic E-state index is 0.0154. The van der Waals surface area contributed by atoms with E-state index in [9.17, 15) is 20.1 Å². The van der Waals surface area contributed by atoms with Gasteiger partial charge in [0.15, 0.2) is 11.6 Å². The third kappa shape index (κ3) is 6.74. The van der Waals surface area contributed by atoms with E-state index in [1.165, 1.54) is 0 Å². The summed E-state index contributed by atoms with van der Waals surface area (Å²) in [4.78, 5) is 11.9. The average Bonchev–Trinajstić information content (AvgIpc) is 3.76. The zero-order chi connectivity index (χ0) is 35.4. The lowest BCUT2D eigenvalue weighted by Crippen LogP contribution is -2.57. The van der Waals surface area contributed by atoms with E-state index in [0.29, 0.717) is 12.8 Å². The van der Waals surface area contributed by atoms with Gasteiger partial charge in [-0.25, -0.2) is 0 Å². The van der Waals surface area contributed by atoms with Crippen LogP contribution in [0.15, 0.2) is 0 Å². The fraction of sp³-hybridized carbons (Fsp3) is 0.973. The summed E-state index contributed by atoms with van der Waals surface area (Å²) < 4.78 is 45.9. The maximum absolute atomic E-state index is 11.9. The summed E-state index contributed by atoms with van der Waals surface area (Å²) in [6.45, 7) is 15.9. The summed E-state index contributed by atoms with van der Waals surface area (Å²) in [5, 5.41) is 30.7. The molecule has 11 nitrogen and oxygen atoms in total. The number of aliphatic hydroxyl groups is 2. The molecule has 11 heteroatoms. The summed E-state index contributed by atoms with van der Waals surface area (Å²) in [6, 6.07) is 0. The van der Waals surface area contributed by atoms with Gasteiger partial charge in [-0.3, -0.25) is 4.79 Å². The highest BCUT2D eigenvalue weighted by atomic mass is 16.7. The first-order valence-corrected chi connectivity index (χ1v) is 18.5. The third-order valence-electron chi connectivity index (χ3n) is 13.3. The van der Waals surface area contributed by atoms with Gasteiger partial charge in [0.05, 0.1) is 66.5 Å². The minimum atomic E-state index is -1.56. The van der Waals surface area contributed by atoms with E-state index in [-0.39, 0.29) is 66.2 Å². The fourth-order valence-electron chi connectivity index (χ4n) is 10.2. The van der Waals surface area contributed by atoms with Crippen LogP contribution in [0, 0.1) is 35.5 Å². The first kappa shape index (κ1) is 38.3. The van der Waals surface area contributed by atoms with Crippen LogP contribution < -0.4 is 0 Å². The van der Waals surface area contributed by atoms with Crippen molar-refractivity contribution in [3.05, 3.63) is 0 Å². The topological polar surface area (TPSA) is 142 Å². The third-order valence-corrected chi connectivity index (χ3v) is 13.3. The number of carboxylic acids is 1. The smallest absolute Gasteiger partial charge is 0.308 e. The van der Waals surface area contributed by atoms with Crippen molar-refractivity contribution < 1.29 is 53.3 Å². The second-order valence-corrected chi connectivity index (χ2v) is 16.5. The standard InChI is InChI=1S/C37H64O11/c1-11-35(32-21(3)17-26(44-32)29-20(2)16-22(4)37(41,19-38)47-29)13-12-28(45-35)34(8)14-15-36(48-34)18-27(42-9)23(5)31(46-36)24(6)30(43-10)25(7)33(39)40/h20-32,38,41H,11-19H2,1-10H3,(H,39,40)/t20-,21-,22+,23+,24-,25-,26-,27-,28+,29-,30+,31-,32+,34+,35-,36+,37-/m0/s1. The Hall–Kier alpha value is -0.890. The summed E-state index contributed by atoms with van der Waals surface area (Å²) >= 11 is 0. The van der Waals surface area contributed by atoms with Gasteiger partial charge in [-0.15, -0.1) is 0 Å². The Morgan fingerprint density at radius 1 is 1.00 bits per heavy atom. The lowest BCUT2D eigenvalue weighted by atomic mass is 9.78. The summed E-state index contributed by atoms with van der Waals surface area (Å²) in [5.74, 6) is -3.96. The van der Waals surface area contributed by atoms with Crippen molar-refractivity contribution >= 4 is 5.97 Å². The Morgan fingerprint density at radius 3 is 2.31 bits per heavy atom. The van der Waals surface area contributed by atoms with Crippen molar-refractivity contribution in [2.45, 2.75) is 172 Å². The summed E-state index contributed by atoms with van der Waals surface area (Å²) in [5.41, 5.74) is -1.07. The molecule has 0 aromatic heterocycles. The second kappa shape index (κ2) is 14.3. The predicted molar refractivity (Wildman–Crippen MR) is 177 cm³/mol. The SMILES string of the molecule is CC[C@@]1([C@@H]2O[C@H]([C@H]3O[C@@](O)(CO)[C@H](C)C[C@@H]3C)C[C@@H]2C)CC[C@H]([C@@]2(C)CC[C@]3(C[C@H](OC)[C@@H](C)[C@@H]([C@@H](C)[C@@H](OC)[C@H](C)C(=O)O)O3)O2)O1. The Balaban J connectivity index is 1.30. The maximum atomic E-state index is 11.9. The first-order chi connectivity index (χ1) is 22.5. The molecule has 0 radical (unpaired) electrons. The molecular weight excluding hydrogens is 620 g/mol. The highest BCUT2D eigenvalue weighted by Crippen LogP contribution is 2.55. The summed E-state index contributed by atoms with van der Waals surface area (Å²) in [6.07, 6.45) is 4.31. The molecule has 0 aromatic rings. The molecule has 0 unspecified atom stereocenters. The van der Waals surface area contributed by atoms with E-state index in [4.69, 9.17) is 33.2 Å². The van der Waals surface area contributed by atoms with Crippen molar-refractivity contribution in [2.24, 2.45) is 35.5 Å². The molecule has 0 aliphatic carbocycles. The maximum Gasteiger partial charge on any atom is 0.308 e. The average molecular weight is 685 g/mol. The molecule has 0 aromatic carbocycles. The van der Waals surface area contributed by atoms with Crippen molar-refractivity contribution in [1.82, 2.24) is 0 Å². The monoisotopic (exact) mass is 684 g/mol. The highest BCUT2D eigenvalue weighted by molar-refractivity contribution is 5.70.